The molecule has 0 aliphatic rings. The van der Waals surface area contributed by atoms with E-state index in [1.54, 1.807) is 36.4 Å². The Morgan fingerprint density at radius 2 is 1.90 bits per heavy atom. The van der Waals surface area contributed by atoms with Gasteiger partial charge in [0.25, 0.3) is 5.56 Å². The number of phenolic OH excluding ortho intramolecular Hbond substituents is 1. The van der Waals surface area contributed by atoms with Crippen LogP contribution in [0.1, 0.15) is 16.7 Å². The van der Waals surface area contributed by atoms with Crippen LogP contribution in [-0.2, 0) is 6.18 Å². The maximum Gasteiger partial charge on any atom is 0.419 e. The van der Waals surface area contributed by atoms with E-state index < -0.39 is 34.4 Å². The van der Waals surface area contributed by atoms with Crippen LogP contribution in [0, 0.1) is 17.1 Å². The fourth-order valence-electron chi connectivity index (χ4n) is 2.53. The van der Waals surface area contributed by atoms with Crippen molar-refractivity contribution in [2.24, 2.45) is 5.10 Å². The topological polar surface area (TPSA) is 114 Å². The van der Waals surface area contributed by atoms with Gasteiger partial charge in [0.2, 0.25) is 5.95 Å². The minimum Gasteiger partial charge on any atom is -0.507 e. The Bertz CT molecular complexity index is 1210. The Kier molecular flexibility index (Phi) is 5.50. The molecule has 1 aromatic heterocycles. The normalized spacial score (nSPS) is 11.4. The maximum absolute atomic E-state index is 13.8. The summed E-state index contributed by atoms with van der Waals surface area (Å²) in [5.41, 5.74) is -0.513. The summed E-state index contributed by atoms with van der Waals surface area (Å²) in [7, 11) is 0. The van der Waals surface area contributed by atoms with Crippen LogP contribution < -0.4 is 11.0 Å². The van der Waals surface area contributed by atoms with Crippen molar-refractivity contribution in [2.45, 2.75) is 6.18 Å². The molecule has 7 nitrogen and oxygen atoms in total. The lowest BCUT2D eigenvalue weighted by Gasteiger charge is -2.11. The van der Waals surface area contributed by atoms with Gasteiger partial charge in [-0.2, -0.15) is 23.5 Å². The molecule has 0 bridgehead atoms. The molecule has 0 amide bonds. The van der Waals surface area contributed by atoms with Gasteiger partial charge in [-0.25, -0.2) is 14.8 Å². The van der Waals surface area contributed by atoms with E-state index in [1.807, 2.05) is 0 Å². The number of alkyl halides is 3. The van der Waals surface area contributed by atoms with Crippen molar-refractivity contribution in [1.82, 2.24) is 9.97 Å². The second-order valence-electron chi connectivity index (χ2n) is 5.84. The zero-order valence-electron chi connectivity index (χ0n) is 14.8. The molecule has 0 spiro atoms. The minimum atomic E-state index is -4.89. The van der Waals surface area contributed by atoms with Crippen LogP contribution >= 0.6 is 0 Å². The lowest BCUT2D eigenvalue weighted by Crippen LogP contribution is -2.16. The number of nitriles is 1. The molecule has 0 aliphatic carbocycles. The Labute approximate surface area is 166 Å². The molecule has 1 heterocycles. The van der Waals surface area contributed by atoms with Crippen LogP contribution in [-0.4, -0.2) is 21.3 Å². The molecule has 0 atom stereocenters. The second kappa shape index (κ2) is 8.04. The first-order valence-electron chi connectivity index (χ1n) is 8.20. The zero-order valence-corrected chi connectivity index (χ0v) is 14.8. The Morgan fingerprint density at radius 3 is 2.53 bits per heavy atom. The number of H-pyrrole nitrogens is 1. The van der Waals surface area contributed by atoms with Gasteiger partial charge >= 0.3 is 6.18 Å². The van der Waals surface area contributed by atoms with Crippen LogP contribution in [0.4, 0.5) is 23.5 Å². The van der Waals surface area contributed by atoms with E-state index in [0.29, 0.717) is 23.9 Å². The molecular weight excluding hydrogens is 406 g/mol. The maximum atomic E-state index is 13.8. The smallest absolute Gasteiger partial charge is 0.419 e. The summed E-state index contributed by atoms with van der Waals surface area (Å²) in [5.74, 6) is -2.72. The summed E-state index contributed by atoms with van der Waals surface area (Å²) in [4.78, 5) is 18.4. The Hall–Kier alpha value is -4.20. The van der Waals surface area contributed by atoms with Gasteiger partial charge < -0.3 is 5.11 Å². The summed E-state index contributed by atoms with van der Waals surface area (Å²) in [6, 6.07) is 11.0. The van der Waals surface area contributed by atoms with Gasteiger partial charge in [0.15, 0.2) is 0 Å². The number of aromatic nitrogens is 2. The van der Waals surface area contributed by atoms with Gasteiger partial charge in [-0.1, -0.05) is 30.3 Å². The van der Waals surface area contributed by atoms with Gasteiger partial charge in [0, 0.05) is 5.56 Å². The molecule has 0 fully saturated rings. The second-order valence-corrected chi connectivity index (χ2v) is 5.84. The van der Waals surface area contributed by atoms with Crippen LogP contribution in [0.2, 0.25) is 0 Å². The Morgan fingerprint density at radius 1 is 1.20 bits per heavy atom. The van der Waals surface area contributed by atoms with Crippen molar-refractivity contribution in [3.8, 4) is 23.1 Å². The molecule has 0 aliphatic heterocycles. The van der Waals surface area contributed by atoms with Gasteiger partial charge in [0.05, 0.1) is 23.0 Å². The number of hydrazone groups is 1. The number of rotatable bonds is 4. The number of hydrogen-bond donors (Lipinski definition) is 3. The summed E-state index contributed by atoms with van der Waals surface area (Å²) in [6.45, 7) is 0. The van der Waals surface area contributed by atoms with Crippen molar-refractivity contribution in [2.75, 3.05) is 5.43 Å². The molecule has 30 heavy (non-hydrogen) atoms. The minimum absolute atomic E-state index is 0.0487. The highest BCUT2D eigenvalue weighted by Crippen LogP contribution is 2.37. The van der Waals surface area contributed by atoms with Crippen LogP contribution in [0.15, 0.2) is 52.4 Å². The van der Waals surface area contributed by atoms with E-state index in [1.165, 1.54) is 0 Å². The zero-order chi connectivity index (χ0) is 21.9. The van der Waals surface area contributed by atoms with Crippen molar-refractivity contribution in [1.29, 1.82) is 5.26 Å². The summed E-state index contributed by atoms with van der Waals surface area (Å²) < 4.78 is 52.4. The number of benzene rings is 2. The Balaban J connectivity index is 1.96. The highest BCUT2D eigenvalue weighted by molar-refractivity contribution is 5.85. The number of nitrogens with zero attached hydrogens (tertiary/aromatic N) is 3. The number of aromatic hydroxyl groups is 1. The molecule has 0 saturated heterocycles. The van der Waals surface area contributed by atoms with Gasteiger partial charge in [-0.05, 0) is 12.1 Å². The number of aromatic amines is 1. The summed E-state index contributed by atoms with van der Waals surface area (Å²) in [6.07, 6.45) is -4.28. The first-order valence-corrected chi connectivity index (χ1v) is 8.20. The van der Waals surface area contributed by atoms with E-state index in [-0.39, 0.29) is 17.2 Å². The third-order valence-corrected chi connectivity index (χ3v) is 3.91. The van der Waals surface area contributed by atoms with E-state index in [4.69, 9.17) is 0 Å². The molecular formula is C19H11F4N5O2. The van der Waals surface area contributed by atoms with Gasteiger partial charge in [0.1, 0.15) is 23.2 Å². The highest BCUT2D eigenvalue weighted by atomic mass is 19.4. The molecule has 152 valence electrons. The number of phenols is 1. The fraction of sp³-hybridized carbons (Fsp3) is 0.0526. The van der Waals surface area contributed by atoms with E-state index in [9.17, 15) is 32.7 Å². The summed E-state index contributed by atoms with van der Waals surface area (Å²) >= 11 is 0. The van der Waals surface area contributed by atoms with E-state index >= 15 is 0 Å². The van der Waals surface area contributed by atoms with Crippen molar-refractivity contribution < 1.29 is 22.7 Å². The molecule has 11 heteroatoms. The highest BCUT2D eigenvalue weighted by Gasteiger charge is 2.35. The van der Waals surface area contributed by atoms with Crippen molar-refractivity contribution >= 4 is 12.2 Å². The average Bonchev–Trinajstić information content (AvgIpc) is 2.69. The average molecular weight is 417 g/mol. The standard InChI is InChI=1S/C19H11F4N5O2/c20-14-7-6-13(19(21,22)23)16(29)12(14)9-25-28-18-26-15(10-4-2-1-3-5-10)11(8-24)17(30)27-18/h1-7,9,29H,(H2,26,27,28,30). The van der Waals surface area contributed by atoms with E-state index in [0.717, 1.165) is 0 Å². The molecule has 2 aromatic carbocycles. The van der Waals surface area contributed by atoms with Crippen molar-refractivity contribution in [3.63, 3.8) is 0 Å². The molecule has 0 saturated carbocycles. The van der Waals surface area contributed by atoms with Crippen molar-refractivity contribution in [3.05, 3.63) is 75.3 Å². The molecule has 3 N–H and O–H groups in total. The third-order valence-electron chi connectivity index (χ3n) is 3.91. The van der Waals surface area contributed by atoms with Crippen LogP contribution in [0.25, 0.3) is 11.3 Å². The first kappa shape index (κ1) is 20.5. The molecule has 3 aromatic rings. The monoisotopic (exact) mass is 417 g/mol. The predicted molar refractivity (Wildman–Crippen MR) is 99.3 cm³/mol. The fourth-order valence-corrected chi connectivity index (χ4v) is 2.53. The quantitative estimate of drug-likeness (QED) is 0.341. The predicted octanol–water partition coefficient (Wildman–Crippen LogP) is 3.62. The molecule has 3 rings (SSSR count). The van der Waals surface area contributed by atoms with E-state index in [2.05, 4.69) is 20.5 Å². The van der Waals surface area contributed by atoms with Crippen LogP contribution in [0.3, 0.4) is 0 Å². The number of halogens is 4. The first-order chi connectivity index (χ1) is 14.2. The largest absolute Gasteiger partial charge is 0.507 e. The lowest BCUT2D eigenvalue weighted by molar-refractivity contribution is -0.138. The van der Waals surface area contributed by atoms with Gasteiger partial charge in [-0.15, -0.1) is 0 Å². The number of nitrogens with one attached hydrogen (secondary N) is 2. The lowest BCUT2D eigenvalue weighted by atomic mass is 10.1. The number of hydrogen-bond acceptors (Lipinski definition) is 6. The third kappa shape index (κ3) is 4.12. The number of anilines is 1. The SMILES string of the molecule is N#Cc1c(-c2ccccc2)nc(NN=Cc2c(F)ccc(C(F)(F)F)c2O)[nH]c1=O. The molecule has 0 radical (unpaired) electrons. The van der Waals surface area contributed by atoms with Crippen LogP contribution in [0.5, 0.6) is 5.75 Å². The van der Waals surface area contributed by atoms with Gasteiger partial charge in [-0.3, -0.25) is 9.78 Å². The molecule has 0 unspecified atom stereocenters. The summed E-state index contributed by atoms with van der Waals surface area (Å²) in [5, 5.41) is 22.5.